The smallest absolute Gasteiger partial charge is 0.317 e. The van der Waals surface area contributed by atoms with Gasteiger partial charge in [-0.25, -0.2) is 4.79 Å². The molecule has 1 saturated carbocycles. The van der Waals surface area contributed by atoms with E-state index < -0.39 is 0 Å². The first kappa shape index (κ1) is 14.3. The van der Waals surface area contributed by atoms with Crippen LogP contribution in [0.2, 0.25) is 0 Å². The van der Waals surface area contributed by atoms with Crippen molar-refractivity contribution in [3.63, 3.8) is 0 Å². The van der Waals surface area contributed by atoms with Crippen molar-refractivity contribution in [1.82, 2.24) is 10.2 Å². The highest BCUT2D eigenvalue weighted by molar-refractivity contribution is 7.07. The highest BCUT2D eigenvalue weighted by atomic mass is 32.1. The molecule has 4 nitrogen and oxygen atoms in total. The summed E-state index contributed by atoms with van der Waals surface area (Å²) in [6, 6.07) is 1.98. The normalized spacial score (nSPS) is 17.8. The number of nitrogens with one attached hydrogen (secondary N) is 1. The predicted octanol–water partition coefficient (Wildman–Crippen LogP) is 2.26. The van der Waals surface area contributed by atoms with Gasteiger partial charge in [0.15, 0.2) is 0 Å². The van der Waals surface area contributed by atoms with Crippen LogP contribution >= 0.6 is 11.3 Å². The summed E-state index contributed by atoms with van der Waals surface area (Å²) in [5.74, 6) is 0.719. The van der Waals surface area contributed by atoms with Gasteiger partial charge in [-0.2, -0.15) is 11.3 Å². The third-order valence-electron chi connectivity index (χ3n) is 3.65. The minimum atomic E-state index is -0.370. The van der Waals surface area contributed by atoms with E-state index in [0.29, 0.717) is 24.9 Å². The molecule has 2 amide bonds. The largest absolute Gasteiger partial charge is 0.391 e. The van der Waals surface area contributed by atoms with Crippen LogP contribution in [-0.2, 0) is 0 Å². The van der Waals surface area contributed by atoms with Crippen molar-refractivity contribution in [1.29, 1.82) is 0 Å². The average molecular weight is 282 g/mol. The zero-order valence-corrected chi connectivity index (χ0v) is 12.3. The topological polar surface area (TPSA) is 52.6 Å². The van der Waals surface area contributed by atoms with Crippen molar-refractivity contribution in [2.75, 3.05) is 20.1 Å². The predicted molar refractivity (Wildman–Crippen MR) is 77.5 cm³/mol. The number of amides is 2. The van der Waals surface area contributed by atoms with Gasteiger partial charge in [0.1, 0.15) is 0 Å². The molecule has 1 heterocycles. The van der Waals surface area contributed by atoms with Crippen LogP contribution in [0.1, 0.15) is 31.2 Å². The van der Waals surface area contributed by atoms with Crippen LogP contribution in [0.15, 0.2) is 16.8 Å². The van der Waals surface area contributed by atoms with Crippen molar-refractivity contribution >= 4 is 17.4 Å². The fraction of sp³-hybridized carbons (Fsp3) is 0.643. The van der Waals surface area contributed by atoms with Crippen LogP contribution in [-0.4, -0.2) is 42.3 Å². The number of urea groups is 1. The molecule has 106 valence electrons. The van der Waals surface area contributed by atoms with Crippen LogP contribution in [0.25, 0.3) is 0 Å². The summed E-state index contributed by atoms with van der Waals surface area (Å²) in [4.78, 5) is 13.5. The highest BCUT2D eigenvalue weighted by Gasteiger charge is 2.31. The Labute approximate surface area is 118 Å². The first-order chi connectivity index (χ1) is 9.08. The molecule has 2 N–H and O–H groups in total. The molecule has 2 atom stereocenters. The van der Waals surface area contributed by atoms with Gasteiger partial charge >= 0.3 is 6.03 Å². The molecule has 1 aromatic rings. The summed E-state index contributed by atoms with van der Waals surface area (Å²) in [5, 5.41) is 16.9. The molecule has 2 rings (SSSR count). The number of rotatable bonds is 6. The van der Waals surface area contributed by atoms with E-state index in [1.807, 2.05) is 5.38 Å². The lowest BCUT2D eigenvalue weighted by atomic mass is 10.1. The Hall–Kier alpha value is -1.07. The zero-order chi connectivity index (χ0) is 13.8. The monoisotopic (exact) mass is 282 g/mol. The maximum Gasteiger partial charge on any atom is 0.317 e. The van der Waals surface area contributed by atoms with Gasteiger partial charge in [-0.15, -0.1) is 0 Å². The molecule has 0 radical (unpaired) electrons. The number of hydrogen-bond acceptors (Lipinski definition) is 3. The Morgan fingerprint density at radius 2 is 2.37 bits per heavy atom. The van der Waals surface area contributed by atoms with Crippen LogP contribution in [0.5, 0.6) is 0 Å². The molecular weight excluding hydrogens is 260 g/mol. The van der Waals surface area contributed by atoms with Gasteiger partial charge in [0.25, 0.3) is 0 Å². The van der Waals surface area contributed by atoms with Crippen molar-refractivity contribution in [2.24, 2.45) is 5.92 Å². The Bertz CT molecular complexity index is 404. The third kappa shape index (κ3) is 4.21. The standard InChI is InChI=1S/C14H22N2O2S/c1-10(12-5-6-19-9-12)7-15-14(18)16(2)8-13(17)11-3-4-11/h5-6,9-11,13,17H,3-4,7-8H2,1-2H3,(H,15,18). The van der Waals surface area contributed by atoms with E-state index in [2.05, 4.69) is 23.7 Å². The Kier molecular flexibility index (Phi) is 4.82. The molecule has 1 fully saturated rings. The van der Waals surface area contributed by atoms with Crippen molar-refractivity contribution in [3.05, 3.63) is 22.4 Å². The van der Waals surface area contributed by atoms with Crippen LogP contribution in [0.4, 0.5) is 4.79 Å². The Morgan fingerprint density at radius 1 is 1.63 bits per heavy atom. The molecule has 2 unspecified atom stereocenters. The molecule has 0 aliphatic heterocycles. The molecule has 5 heteroatoms. The lowest BCUT2D eigenvalue weighted by Crippen LogP contribution is -2.42. The van der Waals surface area contributed by atoms with Gasteiger partial charge in [-0.1, -0.05) is 6.92 Å². The first-order valence-electron chi connectivity index (χ1n) is 6.77. The van der Waals surface area contributed by atoms with E-state index in [1.54, 1.807) is 23.3 Å². The van der Waals surface area contributed by atoms with Gasteiger partial charge in [-0.05, 0) is 47.1 Å². The average Bonchev–Trinajstić information content (AvgIpc) is 3.10. The van der Waals surface area contributed by atoms with Crippen molar-refractivity contribution < 1.29 is 9.90 Å². The van der Waals surface area contributed by atoms with E-state index in [0.717, 1.165) is 12.8 Å². The molecule has 1 aliphatic rings. The van der Waals surface area contributed by atoms with Crippen LogP contribution in [0, 0.1) is 5.92 Å². The summed E-state index contributed by atoms with van der Waals surface area (Å²) in [6.07, 6.45) is 1.81. The number of aliphatic hydroxyl groups is 1. The Morgan fingerprint density at radius 3 is 2.95 bits per heavy atom. The number of carbonyl (C=O) groups excluding carboxylic acids is 1. The van der Waals surface area contributed by atoms with E-state index in [-0.39, 0.29) is 12.1 Å². The minimum Gasteiger partial charge on any atom is -0.391 e. The van der Waals surface area contributed by atoms with Gasteiger partial charge in [0.2, 0.25) is 0 Å². The Balaban J connectivity index is 1.71. The summed E-state index contributed by atoms with van der Waals surface area (Å²) in [5.41, 5.74) is 1.26. The van der Waals surface area contributed by atoms with Crippen LogP contribution < -0.4 is 5.32 Å². The summed E-state index contributed by atoms with van der Waals surface area (Å²) >= 11 is 1.67. The van der Waals surface area contributed by atoms with E-state index in [4.69, 9.17) is 0 Å². The lowest BCUT2D eigenvalue weighted by Gasteiger charge is -2.22. The highest BCUT2D eigenvalue weighted by Crippen LogP contribution is 2.32. The molecule has 19 heavy (non-hydrogen) atoms. The number of thiophene rings is 1. The molecule has 0 bridgehead atoms. The minimum absolute atomic E-state index is 0.109. The lowest BCUT2D eigenvalue weighted by molar-refractivity contribution is 0.113. The summed E-state index contributed by atoms with van der Waals surface area (Å²) in [7, 11) is 1.73. The van der Waals surface area contributed by atoms with Crippen molar-refractivity contribution in [3.8, 4) is 0 Å². The second-order valence-electron chi connectivity index (χ2n) is 5.43. The fourth-order valence-electron chi connectivity index (χ4n) is 2.04. The number of aliphatic hydroxyl groups excluding tert-OH is 1. The third-order valence-corrected chi connectivity index (χ3v) is 4.35. The molecular formula is C14H22N2O2S. The molecule has 1 aromatic heterocycles. The van der Waals surface area contributed by atoms with Gasteiger partial charge in [-0.3, -0.25) is 0 Å². The number of nitrogens with zero attached hydrogens (tertiary/aromatic N) is 1. The zero-order valence-electron chi connectivity index (χ0n) is 11.5. The SMILES string of the molecule is CC(CNC(=O)N(C)CC(O)C1CC1)c1ccsc1. The molecule has 1 aliphatic carbocycles. The van der Waals surface area contributed by atoms with E-state index >= 15 is 0 Å². The second kappa shape index (κ2) is 6.39. The number of hydrogen-bond donors (Lipinski definition) is 2. The van der Waals surface area contributed by atoms with Gasteiger partial charge in [0, 0.05) is 20.1 Å². The second-order valence-corrected chi connectivity index (χ2v) is 6.21. The summed E-state index contributed by atoms with van der Waals surface area (Å²) < 4.78 is 0. The van der Waals surface area contributed by atoms with Gasteiger partial charge < -0.3 is 15.3 Å². The molecule has 0 saturated heterocycles. The van der Waals surface area contributed by atoms with E-state index in [9.17, 15) is 9.90 Å². The fourth-order valence-corrected chi connectivity index (χ4v) is 2.82. The molecule has 0 aromatic carbocycles. The quantitative estimate of drug-likeness (QED) is 0.841. The molecule has 0 spiro atoms. The van der Waals surface area contributed by atoms with Crippen LogP contribution in [0.3, 0.4) is 0 Å². The maximum atomic E-state index is 11.9. The maximum absolute atomic E-state index is 11.9. The first-order valence-corrected chi connectivity index (χ1v) is 7.71. The van der Waals surface area contributed by atoms with E-state index in [1.165, 1.54) is 5.56 Å². The van der Waals surface area contributed by atoms with Gasteiger partial charge in [0.05, 0.1) is 6.10 Å². The number of carbonyl (C=O) groups is 1. The number of likely N-dealkylation sites (N-methyl/N-ethyl adjacent to an activating group) is 1. The van der Waals surface area contributed by atoms with Crippen molar-refractivity contribution in [2.45, 2.75) is 31.8 Å². The summed E-state index contributed by atoms with van der Waals surface area (Å²) in [6.45, 7) is 3.14.